The Hall–Kier alpha value is -6.36. The first kappa shape index (κ1) is 41.1. The van der Waals surface area contributed by atoms with Gasteiger partial charge in [0.25, 0.3) is 0 Å². The van der Waals surface area contributed by atoms with Gasteiger partial charge in [0.2, 0.25) is 0 Å². The van der Waals surface area contributed by atoms with Crippen LogP contribution in [0.4, 0.5) is 0 Å². The van der Waals surface area contributed by atoms with E-state index < -0.39 is 8.07 Å². The summed E-state index contributed by atoms with van der Waals surface area (Å²) in [6.45, 7) is 9.98. The van der Waals surface area contributed by atoms with Crippen LogP contribution in [0.1, 0.15) is 82.8 Å². The molecule has 0 aliphatic heterocycles. The predicted molar refractivity (Wildman–Crippen MR) is 287 cm³/mol. The zero-order valence-corrected chi connectivity index (χ0v) is 40.0. The molecule has 324 valence electrons. The summed E-state index contributed by atoms with van der Waals surface area (Å²) < 4.78 is 5.15. The van der Waals surface area contributed by atoms with Gasteiger partial charge < -0.3 is 9.13 Å². The molecule has 4 heteroatoms. The van der Waals surface area contributed by atoms with Crippen molar-refractivity contribution in [3.8, 4) is 11.4 Å². The first-order valence-corrected chi connectivity index (χ1v) is 26.7. The van der Waals surface area contributed by atoms with Crippen LogP contribution in [0.25, 0.3) is 55.0 Å². The quantitative estimate of drug-likeness (QED) is 0.101. The Morgan fingerprint density at radius 1 is 0.439 bits per heavy atom. The molecule has 0 amide bonds. The minimum atomic E-state index is -2.80. The fraction of sp³-hybridized carbons (Fsp3) is 0.226. The Bertz CT molecular complexity index is 3310. The molecule has 2 aliphatic rings. The summed E-state index contributed by atoms with van der Waals surface area (Å²) >= 11 is 0. The number of hydrogen-bond donors (Lipinski definition) is 0. The van der Waals surface area contributed by atoms with Gasteiger partial charge in [0.1, 0.15) is 0 Å². The molecule has 0 saturated heterocycles. The van der Waals surface area contributed by atoms with Crippen LogP contribution in [0.15, 0.2) is 188 Å². The van der Waals surface area contributed by atoms with Crippen LogP contribution in [0, 0.1) is 0 Å². The van der Waals surface area contributed by atoms with Gasteiger partial charge in [-0.05, 0) is 105 Å². The average molecular weight is 871 g/mol. The van der Waals surface area contributed by atoms with Gasteiger partial charge in [-0.1, -0.05) is 211 Å². The van der Waals surface area contributed by atoms with E-state index in [-0.39, 0.29) is 5.41 Å². The van der Waals surface area contributed by atoms with E-state index in [1.54, 1.807) is 0 Å². The number of nitrogens with zero attached hydrogens (tertiary/aromatic N) is 2. The minimum absolute atomic E-state index is 0.0538. The van der Waals surface area contributed by atoms with E-state index in [0.29, 0.717) is 12.6 Å². The van der Waals surface area contributed by atoms with Crippen LogP contribution < -0.4 is 26.2 Å². The molecule has 2 aromatic heterocycles. The third-order valence-corrected chi connectivity index (χ3v) is 20.6. The molecule has 2 heterocycles. The lowest BCUT2D eigenvalue weighted by atomic mass is 9.43. The number of rotatable bonds is 9. The lowest BCUT2D eigenvalue weighted by Crippen LogP contribution is -2.74. The van der Waals surface area contributed by atoms with Gasteiger partial charge in [-0.3, -0.25) is 0 Å². The van der Waals surface area contributed by atoms with Crippen molar-refractivity contribution in [3.05, 3.63) is 199 Å². The maximum absolute atomic E-state index is 2.80. The van der Waals surface area contributed by atoms with Crippen molar-refractivity contribution in [1.29, 1.82) is 0 Å². The van der Waals surface area contributed by atoms with E-state index in [2.05, 4.69) is 225 Å². The number of aromatic nitrogens is 2. The van der Waals surface area contributed by atoms with Gasteiger partial charge in [-0.15, -0.1) is 0 Å². The fourth-order valence-electron chi connectivity index (χ4n) is 12.0. The Morgan fingerprint density at radius 3 is 1.56 bits per heavy atom. The first-order valence-electron chi connectivity index (χ1n) is 24.7. The minimum Gasteiger partial charge on any atom is -0.309 e. The lowest BCUT2D eigenvalue weighted by Gasteiger charge is -2.34. The van der Waals surface area contributed by atoms with E-state index in [1.165, 1.54) is 137 Å². The summed E-state index contributed by atoms with van der Waals surface area (Å²) in [7, 11) is -2.80. The van der Waals surface area contributed by atoms with E-state index in [4.69, 9.17) is 0 Å². The second-order valence-electron chi connectivity index (χ2n) is 20.8. The zero-order chi connectivity index (χ0) is 44.6. The monoisotopic (exact) mass is 870 g/mol. The number of hydrogen-bond acceptors (Lipinski definition) is 0. The number of benzene rings is 8. The van der Waals surface area contributed by atoms with Gasteiger partial charge in [-0.2, -0.15) is 0 Å². The maximum atomic E-state index is 2.59. The molecule has 0 unspecified atom stereocenters. The van der Waals surface area contributed by atoms with Gasteiger partial charge in [-0.25, -0.2) is 0 Å². The summed E-state index contributed by atoms with van der Waals surface area (Å²) in [6, 6.07) is 73.0. The number of fused-ring (bicyclic) bond motifs is 6. The summed E-state index contributed by atoms with van der Waals surface area (Å²) in [5.74, 6) is 1.42. The fourth-order valence-corrected chi connectivity index (χ4v) is 16.8. The summed E-state index contributed by atoms with van der Waals surface area (Å²) in [5, 5.41) is 10.9. The van der Waals surface area contributed by atoms with Gasteiger partial charge in [0.15, 0.2) is 14.8 Å². The standard InChI is InChI=1S/C62H59BN2Si/c1-62(2,3)45-29-36-58-56(39-45)54-34-28-44(43-18-9-5-10-19-43)38-60(54)64(58)48-20-17-21-49(41-48)65-59-37-32-47(63(4)46-30-31-46)40-57(59)55-35-33-53(42-61(55)65)66(50-22-11-6-12-23-50,51-24-13-7-14-25-51)52-26-15-8-16-27-52/h6-8,11-17,20-29,32-43,46H,5,9-10,18-19,30-31H2,1-4H3. The van der Waals surface area contributed by atoms with Crippen molar-refractivity contribution in [3.63, 3.8) is 0 Å². The molecule has 2 fully saturated rings. The molecule has 2 saturated carbocycles. The third-order valence-electron chi connectivity index (χ3n) is 15.8. The van der Waals surface area contributed by atoms with E-state index >= 15 is 0 Å². The molecule has 8 aromatic carbocycles. The van der Waals surface area contributed by atoms with Crippen molar-refractivity contribution in [2.24, 2.45) is 0 Å². The summed E-state index contributed by atoms with van der Waals surface area (Å²) in [5.41, 5.74) is 11.8. The van der Waals surface area contributed by atoms with Crippen molar-refractivity contribution in [1.82, 2.24) is 9.13 Å². The second kappa shape index (κ2) is 16.2. The topological polar surface area (TPSA) is 9.86 Å². The van der Waals surface area contributed by atoms with E-state index in [0.717, 1.165) is 5.82 Å². The third kappa shape index (κ3) is 6.82. The van der Waals surface area contributed by atoms with Crippen molar-refractivity contribution < 1.29 is 0 Å². The van der Waals surface area contributed by atoms with Gasteiger partial charge in [0.05, 0.1) is 22.1 Å². The molecule has 66 heavy (non-hydrogen) atoms. The van der Waals surface area contributed by atoms with Gasteiger partial charge in [0, 0.05) is 32.9 Å². The van der Waals surface area contributed by atoms with Crippen LogP contribution in [-0.4, -0.2) is 23.9 Å². The molecule has 10 aromatic rings. The molecular weight excluding hydrogens is 812 g/mol. The van der Waals surface area contributed by atoms with Crippen molar-refractivity contribution in [2.45, 2.75) is 89.7 Å². The highest BCUT2D eigenvalue weighted by atomic mass is 28.3. The highest BCUT2D eigenvalue weighted by molar-refractivity contribution is 7.20. The highest BCUT2D eigenvalue weighted by Crippen LogP contribution is 2.42. The largest absolute Gasteiger partial charge is 0.309 e. The Labute approximate surface area is 392 Å². The first-order chi connectivity index (χ1) is 32.3. The van der Waals surface area contributed by atoms with Gasteiger partial charge >= 0.3 is 0 Å². The second-order valence-corrected chi connectivity index (χ2v) is 24.6. The zero-order valence-electron chi connectivity index (χ0n) is 39.0. The molecule has 0 radical (unpaired) electrons. The maximum Gasteiger partial charge on any atom is 0.179 e. The van der Waals surface area contributed by atoms with Crippen molar-refractivity contribution in [2.75, 3.05) is 0 Å². The van der Waals surface area contributed by atoms with Crippen LogP contribution in [-0.2, 0) is 5.41 Å². The smallest absolute Gasteiger partial charge is 0.179 e. The Balaban J connectivity index is 1.12. The molecule has 0 bridgehead atoms. The summed E-state index contributed by atoms with van der Waals surface area (Å²) in [4.78, 5) is 0. The molecule has 12 rings (SSSR count). The lowest BCUT2D eigenvalue weighted by molar-refractivity contribution is 0.444. The Morgan fingerprint density at radius 2 is 0.985 bits per heavy atom. The SMILES string of the molecule is CB(c1ccc2c(c1)c1ccc([Si](c3ccccc3)(c3ccccc3)c3ccccc3)cc1n2-c1cccc(-n2c3ccc(C(C)(C)C)cc3c3ccc(C4CCCCC4)cc32)c1)C1CC1. The highest BCUT2D eigenvalue weighted by Gasteiger charge is 2.42. The molecule has 0 atom stereocenters. The molecule has 2 nitrogen and oxygen atoms in total. The van der Waals surface area contributed by atoms with Crippen LogP contribution in [0.5, 0.6) is 0 Å². The van der Waals surface area contributed by atoms with Crippen LogP contribution in [0.2, 0.25) is 12.6 Å². The van der Waals surface area contributed by atoms with Crippen LogP contribution >= 0.6 is 0 Å². The van der Waals surface area contributed by atoms with E-state index in [1.807, 2.05) is 0 Å². The average Bonchev–Trinajstić information content (AvgIpc) is 4.10. The Kier molecular flexibility index (Phi) is 10.1. The molecular formula is C62H59BN2Si. The molecule has 0 spiro atoms. The summed E-state index contributed by atoms with van der Waals surface area (Å²) in [6.07, 6.45) is 9.27. The predicted octanol–water partition coefficient (Wildman–Crippen LogP) is 13.1. The molecule has 2 aliphatic carbocycles. The van der Waals surface area contributed by atoms with Crippen LogP contribution in [0.3, 0.4) is 0 Å². The molecule has 0 N–H and O–H groups in total. The van der Waals surface area contributed by atoms with E-state index in [9.17, 15) is 0 Å². The van der Waals surface area contributed by atoms with Crippen molar-refractivity contribution >= 4 is 84.6 Å². The normalized spacial score (nSPS) is 15.0.